The van der Waals surface area contributed by atoms with Gasteiger partial charge in [0.05, 0.1) is 24.0 Å². The van der Waals surface area contributed by atoms with Gasteiger partial charge in [-0.3, -0.25) is 25.3 Å². The Labute approximate surface area is 187 Å². The van der Waals surface area contributed by atoms with Gasteiger partial charge in [-0.2, -0.15) is 23.7 Å². The first-order valence-corrected chi connectivity index (χ1v) is 10.2. The average molecular weight is 449 g/mol. The van der Waals surface area contributed by atoms with Gasteiger partial charge in [-0.15, -0.1) is 0 Å². The van der Waals surface area contributed by atoms with Crippen LogP contribution in [0.4, 0.5) is 8.78 Å². The summed E-state index contributed by atoms with van der Waals surface area (Å²) in [6.45, 7) is 3.55. The number of carbonyl (C=O) groups is 1. The Morgan fingerprint density at radius 1 is 1.12 bits per heavy atom. The third kappa shape index (κ3) is 4.32. The van der Waals surface area contributed by atoms with E-state index in [4.69, 9.17) is 10.8 Å². The first kappa shape index (κ1) is 22.1. The average Bonchev–Trinajstić information content (AvgIpc) is 3.27. The fourth-order valence-corrected chi connectivity index (χ4v) is 3.33. The molecule has 168 valence electrons. The Hall–Kier alpha value is -4.08. The van der Waals surface area contributed by atoms with E-state index in [1.165, 1.54) is 35.0 Å². The molecule has 0 aliphatic carbocycles. The Kier molecular flexibility index (Phi) is 5.67. The summed E-state index contributed by atoms with van der Waals surface area (Å²) in [5, 5.41) is 24.4. The van der Waals surface area contributed by atoms with Crippen LogP contribution in [0.15, 0.2) is 55.0 Å². The normalized spacial score (nSPS) is 11.6. The summed E-state index contributed by atoms with van der Waals surface area (Å²) in [4.78, 5) is 16.0. The van der Waals surface area contributed by atoms with Crippen LogP contribution in [0.25, 0.3) is 22.0 Å². The van der Waals surface area contributed by atoms with E-state index in [1.807, 2.05) is 0 Å². The van der Waals surface area contributed by atoms with E-state index in [2.05, 4.69) is 15.2 Å². The molecule has 0 amide bonds. The summed E-state index contributed by atoms with van der Waals surface area (Å²) >= 11 is 0. The van der Waals surface area contributed by atoms with Gasteiger partial charge in [0.15, 0.2) is 11.6 Å². The molecule has 0 atom stereocenters. The second-order valence-electron chi connectivity index (χ2n) is 7.65. The topological polar surface area (TPSA) is 113 Å². The maximum Gasteiger partial charge on any atom is 0.331 e. The van der Waals surface area contributed by atoms with Gasteiger partial charge in [-0.25, -0.2) is 0 Å². The highest BCUT2D eigenvalue weighted by molar-refractivity contribution is 5.91. The third-order valence-electron chi connectivity index (χ3n) is 5.22. The second kappa shape index (κ2) is 8.45. The van der Waals surface area contributed by atoms with Crippen molar-refractivity contribution in [2.24, 2.45) is 0 Å². The number of rotatable bonds is 6. The highest BCUT2D eigenvalue weighted by Crippen LogP contribution is 2.32. The number of benzene rings is 1. The van der Waals surface area contributed by atoms with E-state index >= 15 is 8.78 Å². The lowest BCUT2D eigenvalue weighted by atomic mass is 10.0. The number of hydrogen-bond donors (Lipinski definition) is 2. The van der Waals surface area contributed by atoms with Crippen molar-refractivity contribution in [1.29, 1.82) is 10.8 Å². The molecule has 0 aliphatic rings. The number of ketones is 1. The number of aryl methyl sites for hydroxylation is 1. The van der Waals surface area contributed by atoms with Crippen LogP contribution in [-0.4, -0.2) is 36.2 Å². The molecule has 10 heteroatoms. The zero-order chi connectivity index (χ0) is 23.8. The van der Waals surface area contributed by atoms with Gasteiger partial charge in [0.25, 0.3) is 0 Å². The molecule has 4 aromatic rings. The van der Waals surface area contributed by atoms with Crippen molar-refractivity contribution < 1.29 is 13.6 Å². The van der Waals surface area contributed by atoms with Gasteiger partial charge in [0.2, 0.25) is 0 Å². The maximum atomic E-state index is 15.2. The van der Waals surface area contributed by atoms with Crippen molar-refractivity contribution in [3.8, 4) is 11.1 Å². The first-order valence-electron chi connectivity index (χ1n) is 10.2. The van der Waals surface area contributed by atoms with Gasteiger partial charge >= 0.3 is 5.92 Å². The highest BCUT2D eigenvalue weighted by atomic mass is 19.3. The quantitative estimate of drug-likeness (QED) is 0.345. The minimum Gasteiger partial charge on any atom is -0.298 e. The van der Waals surface area contributed by atoms with Crippen LogP contribution in [-0.2, 0) is 17.3 Å². The Balaban J connectivity index is 1.70. The number of halogens is 2. The number of nitrogens with one attached hydrogen (secondary N) is 2. The molecule has 0 fully saturated rings. The van der Waals surface area contributed by atoms with E-state index in [0.717, 1.165) is 0 Å². The molecule has 33 heavy (non-hydrogen) atoms. The molecular formula is C23H21F2N7O. The Bertz CT molecular complexity index is 1440. The molecule has 2 N–H and O–H groups in total. The fourth-order valence-electron chi connectivity index (χ4n) is 3.33. The molecule has 0 saturated carbocycles. The number of pyridine rings is 1. The molecule has 4 rings (SSSR count). The second-order valence-corrected chi connectivity index (χ2v) is 7.65. The maximum absolute atomic E-state index is 15.2. The van der Waals surface area contributed by atoms with Gasteiger partial charge in [0.1, 0.15) is 5.49 Å². The molecule has 3 heterocycles. The molecule has 0 unspecified atom stereocenters. The standard InChI is InChI=1S/C23H21F2N7O/c1-3-19(33)13-31-12-17(11-29-31)16-8-15-9-18(5-6-20(15)28-10-16)23(24,25)22(27)32-21(26)7-4-14(2)30-32/h4-12,26-27H,3,13H2,1-2H3. The van der Waals surface area contributed by atoms with E-state index in [-0.39, 0.29) is 17.8 Å². The lowest BCUT2D eigenvalue weighted by molar-refractivity contribution is -0.119. The number of aromatic nitrogens is 5. The van der Waals surface area contributed by atoms with Crippen molar-refractivity contribution in [2.75, 3.05) is 0 Å². The van der Waals surface area contributed by atoms with Crippen molar-refractivity contribution >= 4 is 22.5 Å². The number of carbonyl (C=O) groups excluding carboxylic acids is 1. The van der Waals surface area contributed by atoms with Gasteiger partial charge < -0.3 is 0 Å². The fraction of sp³-hybridized carbons (Fsp3) is 0.217. The van der Waals surface area contributed by atoms with Crippen molar-refractivity contribution in [3.05, 3.63) is 71.7 Å². The summed E-state index contributed by atoms with van der Waals surface area (Å²) in [7, 11) is 0. The summed E-state index contributed by atoms with van der Waals surface area (Å²) in [5.74, 6) is -4.74. The number of hydrogen-bond acceptors (Lipinski definition) is 6. The van der Waals surface area contributed by atoms with Crippen LogP contribution in [0.5, 0.6) is 0 Å². The molecule has 8 nitrogen and oxygen atoms in total. The molecule has 0 spiro atoms. The third-order valence-corrected chi connectivity index (χ3v) is 5.22. The Morgan fingerprint density at radius 3 is 2.67 bits per heavy atom. The van der Waals surface area contributed by atoms with Crippen LogP contribution in [0.3, 0.4) is 0 Å². The highest BCUT2D eigenvalue weighted by Gasteiger charge is 2.39. The minimum absolute atomic E-state index is 0.0485. The van der Waals surface area contributed by atoms with E-state index in [9.17, 15) is 4.79 Å². The zero-order valence-electron chi connectivity index (χ0n) is 18.0. The van der Waals surface area contributed by atoms with Crippen molar-refractivity contribution in [1.82, 2.24) is 24.5 Å². The zero-order valence-corrected chi connectivity index (χ0v) is 18.0. The summed E-state index contributed by atoms with van der Waals surface area (Å²) < 4.78 is 32.6. The molecule has 1 aromatic carbocycles. The van der Waals surface area contributed by atoms with Crippen LogP contribution < -0.4 is 5.49 Å². The molecule has 0 saturated heterocycles. The predicted molar refractivity (Wildman–Crippen MR) is 118 cm³/mol. The number of Topliss-reactive ketones (excluding diaryl/α,β-unsaturated/α-hetero) is 1. The number of nitrogens with zero attached hydrogens (tertiary/aromatic N) is 5. The largest absolute Gasteiger partial charge is 0.331 e. The molecule has 0 radical (unpaired) electrons. The predicted octanol–water partition coefficient (Wildman–Crippen LogP) is 3.68. The van der Waals surface area contributed by atoms with Crippen LogP contribution >= 0.6 is 0 Å². The molecule has 0 aliphatic heterocycles. The number of alkyl halides is 2. The molecule has 0 bridgehead atoms. The van der Waals surface area contributed by atoms with Crippen molar-refractivity contribution in [2.45, 2.75) is 32.7 Å². The smallest absolute Gasteiger partial charge is 0.298 e. The monoisotopic (exact) mass is 449 g/mol. The van der Waals surface area contributed by atoms with Crippen LogP contribution in [0.2, 0.25) is 0 Å². The SMILES string of the molecule is CCC(=O)Cn1cc(-c2cnc3ccc(C(F)(F)C(=N)n4nc(C)ccc4=N)cc3c2)cn1. The van der Waals surface area contributed by atoms with Gasteiger partial charge in [-0.1, -0.05) is 13.0 Å². The first-order chi connectivity index (χ1) is 15.7. The summed E-state index contributed by atoms with van der Waals surface area (Å²) in [5.41, 5.74) is 1.58. The van der Waals surface area contributed by atoms with Crippen LogP contribution in [0, 0.1) is 17.7 Å². The summed E-state index contributed by atoms with van der Waals surface area (Å²) in [6.07, 6.45) is 5.33. The lowest BCUT2D eigenvalue weighted by Gasteiger charge is -2.19. The van der Waals surface area contributed by atoms with E-state index < -0.39 is 17.3 Å². The minimum atomic E-state index is -3.68. The van der Waals surface area contributed by atoms with Gasteiger partial charge in [0, 0.05) is 40.9 Å². The van der Waals surface area contributed by atoms with Gasteiger partial charge in [-0.05, 0) is 37.3 Å². The van der Waals surface area contributed by atoms with Crippen LogP contribution in [0.1, 0.15) is 24.6 Å². The van der Waals surface area contributed by atoms with E-state index in [1.54, 1.807) is 38.5 Å². The van der Waals surface area contributed by atoms with Crippen molar-refractivity contribution in [3.63, 3.8) is 0 Å². The number of fused-ring (bicyclic) bond motifs is 1. The lowest BCUT2D eigenvalue weighted by Crippen LogP contribution is -2.39. The Morgan fingerprint density at radius 2 is 1.91 bits per heavy atom. The molecular weight excluding hydrogens is 428 g/mol. The van der Waals surface area contributed by atoms with E-state index in [0.29, 0.717) is 38.8 Å². The molecule has 3 aromatic heterocycles. The summed E-state index contributed by atoms with van der Waals surface area (Å²) in [6, 6.07) is 8.52.